The smallest absolute Gasteiger partial charge is 0.411 e. The van der Waals surface area contributed by atoms with E-state index in [2.05, 4.69) is 4.84 Å². The van der Waals surface area contributed by atoms with Crippen molar-refractivity contribution in [3.05, 3.63) is 10.1 Å². The van der Waals surface area contributed by atoms with Crippen molar-refractivity contribution >= 4 is 12.1 Å². The highest BCUT2D eigenvalue weighted by Crippen LogP contribution is 2.35. The van der Waals surface area contributed by atoms with E-state index in [-0.39, 0.29) is 26.0 Å². The summed E-state index contributed by atoms with van der Waals surface area (Å²) in [5, 5.41) is 18.8. The van der Waals surface area contributed by atoms with Crippen LogP contribution in [0.2, 0.25) is 0 Å². The Morgan fingerprint density at radius 1 is 1.41 bits per heavy atom. The van der Waals surface area contributed by atoms with E-state index in [4.69, 9.17) is 4.74 Å². The van der Waals surface area contributed by atoms with Crippen LogP contribution >= 0.6 is 0 Å². The second-order valence-electron chi connectivity index (χ2n) is 6.23. The van der Waals surface area contributed by atoms with Gasteiger partial charge < -0.3 is 14.7 Å². The summed E-state index contributed by atoms with van der Waals surface area (Å²) in [5.41, 5.74) is -2.11. The summed E-state index contributed by atoms with van der Waals surface area (Å²) >= 11 is 0. The van der Waals surface area contributed by atoms with E-state index >= 15 is 0 Å². The van der Waals surface area contributed by atoms with Gasteiger partial charge in [0.15, 0.2) is 0 Å². The van der Waals surface area contributed by atoms with E-state index in [9.17, 15) is 24.8 Å². The van der Waals surface area contributed by atoms with E-state index in [0.717, 1.165) is 0 Å². The predicted octanol–water partition coefficient (Wildman–Crippen LogP) is 1.83. The number of carboxylic acids is 1. The number of hydrogen-bond acceptors (Lipinski definition) is 6. The van der Waals surface area contributed by atoms with E-state index in [1.54, 1.807) is 20.8 Å². The van der Waals surface area contributed by atoms with Gasteiger partial charge in [-0.05, 0) is 46.5 Å². The fraction of sp³-hybridized carbons (Fsp3) is 0.846. The zero-order valence-electron chi connectivity index (χ0n) is 13.0. The lowest BCUT2D eigenvalue weighted by molar-refractivity contribution is -0.757. The fourth-order valence-corrected chi connectivity index (χ4v) is 2.55. The summed E-state index contributed by atoms with van der Waals surface area (Å²) in [4.78, 5) is 39.5. The third-order valence-electron chi connectivity index (χ3n) is 3.43. The number of aliphatic carboxylic acids is 1. The molecule has 1 atom stereocenters. The molecule has 1 rings (SSSR count). The maximum Gasteiger partial charge on any atom is 0.411 e. The van der Waals surface area contributed by atoms with Crippen molar-refractivity contribution in [2.45, 2.75) is 57.6 Å². The van der Waals surface area contributed by atoms with Gasteiger partial charge in [-0.15, -0.1) is 10.1 Å². The first-order chi connectivity index (χ1) is 10.1. The first kappa shape index (κ1) is 18.0. The van der Waals surface area contributed by atoms with Gasteiger partial charge in [-0.2, -0.15) is 0 Å². The number of likely N-dealkylation sites (tertiary alicyclic amines) is 1. The minimum Gasteiger partial charge on any atom is -0.479 e. The molecule has 0 aromatic rings. The zero-order chi connectivity index (χ0) is 17.0. The van der Waals surface area contributed by atoms with Crippen molar-refractivity contribution in [2.75, 3.05) is 13.2 Å². The molecule has 0 aromatic heterocycles. The zero-order valence-corrected chi connectivity index (χ0v) is 13.0. The number of hydrogen-bond donors (Lipinski definition) is 1. The Balaban J connectivity index is 2.79. The first-order valence-electron chi connectivity index (χ1n) is 7.10. The number of nitrogens with zero attached hydrogens (tertiary/aromatic N) is 2. The summed E-state index contributed by atoms with van der Waals surface area (Å²) in [5.74, 6) is -1.13. The summed E-state index contributed by atoms with van der Waals surface area (Å²) < 4.78 is 5.26. The van der Waals surface area contributed by atoms with Gasteiger partial charge in [-0.3, -0.25) is 4.90 Å². The van der Waals surface area contributed by atoms with Gasteiger partial charge in [0, 0.05) is 6.54 Å². The number of carboxylic acid groups (broad SMARTS) is 1. The van der Waals surface area contributed by atoms with Crippen LogP contribution in [0, 0.1) is 10.1 Å². The fourth-order valence-electron chi connectivity index (χ4n) is 2.55. The minimum absolute atomic E-state index is 0.0788. The molecule has 9 nitrogen and oxygen atoms in total. The Bertz CT molecular complexity index is 446. The van der Waals surface area contributed by atoms with E-state index in [1.807, 2.05) is 0 Å². The van der Waals surface area contributed by atoms with Crippen molar-refractivity contribution < 1.29 is 29.4 Å². The molecule has 126 valence electrons. The summed E-state index contributed by atoms with van der Waals surface area (Å²) in [7, 11) is 0. The van der Waals surface area contributed by atoms with Crippen molar-refractivity contribution in [1.29, 1.82) is 0 Å². The Labute approximate surface area is 128 Å². The van der Waals surface area contributed by atoms with Crippen LogP contribution in [0.3, 0.4) is 0 Å². The predicted molar refractivity (Wildman–Crippen MR) is 74.7 cm³/mol. The average molecular weight is 318 g/mol. The molecule has 1 heterocycles. The van der Waals surface area contributed by atoms with E-state index in [1.165, 1.54) is 4.90 Å². The van der Waals surface area contributed by atoms with Crippen LogP contribution in [0.4, 0.5) is 4.79 Å². The molecular weight excluding hydrogens is 296 g/mol. The Morgan fingerprint density at radius 2 is 2.05 bits per heavy atom. The van der Waals surface area contributed by atoms with Crippen molar-refractivity contribution in [2.24, 2.45) is 0 Å². The molecule has 1 saturated heterocycles. The maximum atomic E-state index is 12.2. The highest BCUT2D eigenvalue weighted by atomic mass is 16.9. The third kappa shape index (κ3) is 4.47. The Kier molecular flexibility index (Phi) is 5.56. The van der Waals surface area contributed by atoms with E-state index < -0.39 is 28.3 Å². The normalized spacial score (nSPS) is 21.5. The van der Waals surface area contributed by atoms with Gasteiger partial charge in [-0.1, -0.05) is 0 Å². The molecule has 1 aliphatic heterocycles. The summed E-state index contributed by atoms with van der Waals surface area (Å²) in [6.45, 7) is 5.19. The summed E-state index contributed by atoms with van der Waals surface area (Å²) in [6, 6.07) is 0. The minimum atomic E-state index is -1.39. The van der Waals surface area contributed by atoms with Crippen LogP contribution in [0.1, 0.15) is 46.5 Å². The standard InChI is InChI=1S/C13H22N2O7/c1-12(2,3)22-11(18)14-8-4-6-13(14,10(16)17)7-5-9-21-15(19)20/h4-9H2,1-3H3,(H,16,17). The monoisotopic (exact) mass is 318 g/mol. The molecule has 22 heavy (non-hydrogen) atoms. The third-order valence-corrected chi connectivity index (χ3v) is 3.43. The molecule has 1 aliphatic rings. The van der Waals surface area contributed by atoms with Gasteiger partial charge in [0.05, 0.1) is 6.61 Å². The number of amides is 1. The quantitative estimate of drug-likeness (QED) is 0.450. The van der Waals surface area contributed by atoms with Crippen LogP contribution < -0.4 is 0 Å². The van der Waals surface area contributed by atoms with Crippen molar-refractivity contribution in [3.63, 3.8) is 0 Å². The molecule has 1 N–H and O–H groups in total. The van der Waals surface area contributed by atoms with Crippen LogP contribution in [-0.4, -0.2) is 51.4 Å². The molecule has 0 aliphatic carbocycles. The van der Waals surface area contributed by atoms with Crippen molar-refractivity contribution in [1.82, 2.24) is 4.90 Å². The molecule has 0 saturated carbocycles. The molecule has 0 aromatic carbocycles. The molecule has 1 fully saturated rings. The van der Waals surface area contributed by atoms with E-state index in [0.29, 0.717) is 12.8 Å². The van der Waals surface area contributed by atoms with Gasteiger partial charge in [0.1, 0.15) is 11.1 Å². The van der Waals surface area contributed by atoms with Gasteiger partial charge in [0.25, 0.3) is 5.09 Å². The highest BCUT2D eigenvalue weighted by molar-refractivity contribution is 5.85. The maximum absolute atomic E-state index is 12.2. The van der Waals surface area contributed by atoms with Gasteiger partial charge >= 0.3 is 12.1 Å². The molecule has 1 unspecified atom stereocenters. The Hall–Kier alpha value is -2.06. The molecule has 9 heteroatoms. The van der Waals surface area contributed by atoms with Crippen molar-refractivity contribution in [3.8, 4) is 0 Å². The molecular formula is C13H22N2O7. The lowest BCUT2D eigenvalue weighted by atomic mass is 9.90. The molecule has 0 radical (unpaired) electrons. The van der Waals surface area contributed by atoms with Crippen LogP contribution in [0.25, 0.3) is 0 Å². The number of carbonyl (C=O) groups excluding carboxylic acids is 1. The number of carbonyl (C=O) groups is 2. The largest absolute Gasteiger partial charge is 0.479 e. The molecule has 1 amide bonds. The average Bonchev–Trinajstić information content (AvgIpc) is 2.77. The number of rotatable bonds is 6. The summed E-state index contributed by atoms with van der Waals surface area (Å²) in [6.07, 6.45) is 0.395. The van der Waals surface area contributed by atoms with Crippen LogP contribution in [0.5, 0.6) is 0 Å². The van der Waals surface area contributed by atoms with Crippen LogP contribution in [0.15, 0.2) is 0 Å². The SMILES string of the molecule is CC(C)(C)OC(=O)N1CCCC1(CCCO[N+](=O)[O-])C(=O)O. The van der Waals surface area contributed by atoms with Crippen LogP contribution in [-0.2, 0) is 14.4 Å². The first-order valence-corrected chi connectivity index (χ1v) is 7.10. The second-order valence-corrected chi connectivity index (χ2v) is 6.23. The second kappa shape index (κ2) is 6.80. The van der Waals surface area contributed by atoms with Gasteiger partial charge in [-0.25, -0.2) is 9.59 Å². The highest BCUT2D eigenvalue weighted by Gasteiger charge is 2.50. The Morgan fingerprint density at radius 3 is 2.55 bits per heavy atom. The topological polar surface area (TPSA) is 119 Å². The number of ether oxygens (including phenoxy) is 1. The lowest BCUT2D eigenvalue weighted by Crippen LogP contribution is -2.54. The molecule has 0 spiro atoms. The lowest BCUT2D eigenvalue weighted by Gasteiger charge is -2.35. The molecule has 0 bridgehead atoms. The van der Waals surface area contributed by atoms with Gasteiger partial charge in [0.2, 0.25) is 0 Å².